The second-order valence-electron chi connectivity index (χ2n) is 6.05. The van der Waals surface area contributed by atoms with Gasteiger partial charge in [0.1, 0.15) is 5.84 Å². The van der Waals surface area contributed by atoms with Crippen LogP contribution in [-0.4, -0.2) is 24.1 Å². The van der Waals surface area contributed by atoms with Gasteiger partial charge < -0.3 is 16.3 Å². The molecule has 110 valence electrons. The lowest BCUT2D eigenvalue weighted by molar-refractivity contribution is 0.314. The molecule has 0 saturated heterocycles. The molecule has 2 rings (SSSR count). The molecule has 0 heterocycles. The minimum absolute atomic E-state index is 0.242. The first-order chi connectivity index (χ1) is 9.65. The molecule has 1 unspecified atom stereocenters. The second-order valence-corrected chi connectivity index (χ2v) is 6.05. The second kappa shape index (κ2) is 6.75. The maximum Gasteiger partial charge on any atom is 0.139 e. The van der Waals surface area contributed by atoms with Crippen molar-refractivity contribution in [2.45, 2.75) is 38.5 Å². The Bertz CT molecular complexity index is 440. The lowest BCUT2D eigenvalue weighted by Gasteiger charge is -2.17. The topological polar surface area (TPSA) is 70.6 Å². The summed E-state index contributed by atoms with van der Waals surface area (Å²) >= 11 is 0. The Morgan fingerprint density at radius 1 is 1.40 bits per heavy atom. The maximum atomic E-state index is 8.64. The van der Waals surface area contributed by atoms with Crippen LogP contribution in [0.3, 0.4) is 0 Å². The molecule has 1 fully saturated rings. The fourth-order valence-electron chi connectivity index (χ4n) is 2.63. The first-order valence-corrected chi connectivity index (χ1v) is 7.37. The van der Waals surface area contributed by atoms with Gasteiger partial charge in [-0.15, -0.1) is 0 Å². The van der Waals surface area contributed by atoms with Crippen molar-refractivity contribution in [1.29, 1.82) is 0 Å². The van der Waals surface area contributed by atoms with Crippen LogP contribution in [0.1, 0.15) is 44.1 Å². The highest BCUT2D eigenvalue weighted by atomic mass is 16.4. The van der Waals surface area contributed by atoms with Crippen LogP contribution in [0.15, 0.2) is 35.5 Å². The number of nitrogens with one attached hydrogen (secondary N) is 1. The molecule has 1 aromatic carbocycles. The predicted molar refractivity (Wildman–Crippen MR) is 82.0 cm³/mol. The van der Waals surface area contributed by atoms with Gasteiger partial charge in [0.25, 0.3) is 0 Å². The highest BCUT2D eigenvalue weighted by Crippen LogP contribution is 2.48. The van der Waals surface area contributed by atoms with Crippen molar-refractivity contribution >= 4 is 5.84 Å². The predicted octanol–water partition coefficient (Wildman–Crippen LogP) is 2.69. The maximum absolute atomic E-state index is 8.64. The van der Waals surface area contributed by atoms with E-state index in [1.54, 1.807) is 0 Å². The van der Waals surface area contributed by atoms with E-state index in [0.29, 0.717) is 18.2 Å². The fraction of sp³-hybridized carbons (Fsp3) is 0.562. The average Bonchev–Trinajstić information content (AvgIpc) is 3.24. The van der Waals surface area contributed by atoms with Crippen LogP contribution in [0.2, 0.25) is 0 Å². The Hall–Kier alpha value is -1.55. The summed E-state index contributed by atoms with van der Waals surface area (Å²) < 4.78 is 0. The molecule has 1 saturated carbocycles. The molecule has 0 aromatic heterocycles. The largest absolute Gasteiger partial charge is 0.409 e. The van der Waals surface area contributed by atoms with E-state index in [1.165, 1.54) is 18.4 Å². The first-order valence-electron chi connectivity index (χ1n) is 7.37. The molecular formula is C16H25N3O. The molecule has 20 heavy (non-hydrogen) atoms. The highest BCUT2D eigenvalue weighted by molar-refractivity contribution is 5.80. The smallest absolute Gasteiger partial charge is 0.139 e. The number of benzene rings is 1. The molecule has 0 spiro atoms. The van der Waals surface area contributed by atoms with Gasteiger partial charge >= 0.3 is 0 Å². The number of rotatable bonds is 8. The van der Waals surface area contributed by atoms with E-state index in [0.717, 1.165) is 19.5 Å². The lowest BCUT2D eigenvalue weighted by atomic mass is 9.97. The van der Waals surface area contributed by atoms with E-state index in [1.807, 2.05) is 0 Å². The molecular weight excluding hydrogens is 250 g/mol. The molecule has 0 amide bonds. The standard InChI is InChI=1S/C16H25N3O/c1-13(14-5-3-2-4-6-14)7-10-18-12-16(8-9-16)11-15(17)19-20/h2-6,13,18,20H,7-12H2,1H3,(H2,17,19). The van der Waals surface area contributed by atoms with Gasteiger partial charge in [-0.3, -0.25) is 0 Å². The number of nitrogens with two attached hydrogens (primary N) is 1. The number of oxime groups is 1. The van der Waals surface area contributed by atoms with Crippen LogP contribution >= 0.6 is 0 Å². The summed E-state index contributed by atoms with van der Waals surface area (Å²) in [4.78, 5) is 0. The monoisotopic (exact) mass is 275 g/mol. The van der Waals surface area contributed by atoms with Gasteiger partial charge in [-0.05, 0) is 42.7 Å². The molecule has 1 atom stereocenters. The van der Waals surface area contributed by atoms with E-state index < -0.39 is 0 Å². The van der Waals surface area contributed by atoms with Crippen molar-refractivity contribution in [2.24, 2.45) is 16.3 Å². The van der Waals surface area contributed by atoms with Crippen LogP contribution in [-0.2, 0) is 0 Å². The molecule has 1 aromatic rings. The van der Waals surface area contributed by atoms with Gasteiger partial charge in [-0.25, -0.2) is 0 Å². The number of hydrogen-bond acceptors (Lipinski definition) is 3. The van der Waals surface area contributed by atoms with Gasteiger partial charge in [0.05, 0.1) is 0 Å². The lowest BCUT2D eigenvalue weighted by Crippen LogP contribution is -2.29. The molecule has 4 nitrogen and oxygen atoms in total. The molecule has 0 aliphatic heterocycles. The zero-order valence-electron chi connectivity index (χ0n) is 12.2. The summed E-state index contributed by atoms with van der Waals surface area (Å²) in [7, 11) is 0. The van der Waals surface area contributed by atoms with Crippen LogP contribution in [0.4, 0.5) is 0 Å². The van der Waals surface area contributed by atoms with Gasteiger partial charge in [0, 0.05) is 13.0 Å². The van der Waals surface area contributed by atoms with Crippen molar-refractivity contribution in [3.8, 4) is 0 Å². The molecule has 1 aliphatic carbocycles. The minimum Gasteiger partial charge on any atom is -0.409 e. The van der Waals surface area contributed by atoms with Gasteiger partial charge in [0.15, 0.2) is 0 Å². The van der Waals surface area contributed by atoms with E-state index >= 15 is 0 Å². The van der Waals surface area contributed by atoms with Crippen molar-refractivity contribution in [1.82, 2.24) is 5.32 Å². The van der Waals surface area contributed by atoms with Gasteiger partial charge in [-0.2, -0.15) is 0 Å². The summed E-state index contributed by atoms with van der Waals surface area (Å²) in [6.45, 7) is 4.24. The van der Waals surface area contributed by atoms with Gasteiger partial charge in [0.2, 0.25) is 0 Å². The molecule has 0 bridgehead atoms. The average molecular weight is 275 g/mol. The van der Waals surface area contributed by atoms with Crippen LogP contribution in [0.25, 0.3) is 0 Å². The van der Waals surface area contributed by atoms with E-state index in [9.17, 15) is 0 Å². The normalized spacial score (nSPS) is 18.8. The van der Waals surface area contributed by atoms with Gasteiger partial charge in [-0.1, -0.05) is 42.4 Å². The zero-order valence-corrected chi connectivity index (χ0v) is 12.2. The SMILES string of the molecule is CC(CCNCC1(CC(N)=NO)CC1)c1ccccc1. The van der Waals surface area contributed by atoms with Crippen molar-refractivity contribution < 1.29 is 5.21 Å². The van der Waals surface area contributed by atoms with Crippen molar-refractivity contribution in [2.75, 3.05) is 13.1 Å². The Balaban J connectivity index is 1.67. The Morgan fingerprint density at radius 2 is 2.10 bits per heavy atom. The van der Waals surface area contributed by atoms with Crippen LogP contribution in [0.5, 0.6) is 0 Å². The number of hydrogen-bond donors (Lipinski definition) is 3. The van der Waals surface area contributed by atoms with Crippen LogP contribution < -0.4 is 11.1 Å². The third-order valence-electron chi connectivity index (χ3n) is 4.26. The van der Waals surface area contributed by atoms with E-state index in [-0.39, 0.29) is 5.41 Å². The quantitative estimate of drug-likeness (QED) is 0.224. The van der Waals surface area contributed by atoms with E-state index in [4.69, 9.17) is 10.9 Å². The number of nitrogens with zero attached hydrogens (tertiary/aromatic N) is 1. The minimum atomic E-state index is 0.242. The zero-order chi connectivity index (χ0) is 14.4. The first kappa shape index (κ1) is 14.9. The van der Waals surface area contributed by atoms with Crippen molar-refractivity contribution in [3.05, 3.63) is 35.9 Å². The highest BCUT2D eigenvalue weighted by Gasteiger charge is 2.42. The summed E-state index contributed by atoms with van der Waals surface area (Å²) in [6, 6.07) is 10.6. The van der Waals surface area contributed by atoms with Crippen LogP contribution in [0, 0.1) is 5.41 Å². The summed E-state index contributed by atoms with van der Waals surface area (Å²) in [5.74, 6) is 0.921. The fourth-order valence-corrected chi connectivity index (χ4v) is 2.63. The Labute approximate surface area is 121 Å². The third kappa shape index (κ3) is 4.23. The number of amidine groups is 1. The molecule has 1 aliphatic rings. The summed E-state index contributed by atoms with van der Waals surface area (Å²) in [5, 5.41) is 15.2. The van der Waals surface area contributed by atoms with E-state index in [2.05, 4.69) is 47.7 Å². The Kier molecular flexibility index (Phi) is 5.01. The third-order valence-corrected chi connectivity index (χ3v) is 4.26. The molecule has 4 N–H and O–H groups in total. The molecule has 0 radical (unpaired) electrons. The Morgan fingerprint density at radius 3 is 2.70 bits per heavy atom. The molecule has 4 heteroatoms. The summed E-state index contributed by atoms with van der Waals surface area (Å²) in [6.07, 6.45) is 4.17. The summed E-state index contributed by atoms with van der Waals surface area (Å²) in [5.41, 5.74) is 7.24. The van der Waals surface area contributed by atoms with Crippen molar-refractivity contribution in [3.63, 3.8) is 0 Å².